The van der Waals surface area contributed by atoms with Crippen LogP contribution in [0.2, 0.25) is 0 Å². The zero-order valence-electron chi connectivity index (χ0n) is 9.46. The molecule has 1 aliphatic heterocycles. The van der Waals surface area contributed by atoms with E-state index in [4.69, 9.17) is 5.73 Å². The molecule has 1 saturated heterocycles. The van der Waals surface area contributed by atoms with Crippen molar-refractivity contribution in [3.63, 3.8) is 0 Å². The molecule has 2 aliphatic rings. The Morgan fingerprint density at radius 3 is 2.73 bits per heavy atom. The van der Waals surface area contributed by atoms with Crippen molar-refractivity contribution in [1.29, 1.82) is 0 Å². The van der Waals surface area contributed by atoms with Crippen molar-refractivity contribution in [2.45, 2.75) is 44.2 Å². The van der Waals surface area contributed by atoms with Gasteiger partial charge in [0.05, 0.1) is 5.54 Å². The molecular weight excluding hydrogens is 190 g/mol. The molecule has 1 aliphatic carbocycles. The fraction of sp³-hybridized carbons (Fsp3) is 0.909. The molecule has 0 aromatic rings. The van der Waals surface area contributed by atoms with Gasteiger partial charge in [-0.2, -0.15) is 0 Å². The zero-order valence-corrected chi connectivity index (χ0v) is 9.46. The van der Waals surface area contributed by atoms with Gasteiger partial charge in [0.1, 0.15) is 0 Å². The second kappa shape index (κ2) is 4.10. The molecular formula is C11H21N3O. The van der Waals surface area contributed by atoms with Crippen molar-refractivity contribution < 1.29 is 4.79 Å². The normalized spacial score (nSPS) is 30.5. The molecule has 0 bridgehead atoms. The third-order valence-electron chi connectivity index (χ3n) is 3.58. The fourth-order valence-electron chi connectivity index (χ4n) is 2.65. The van der Waals surface area contributed by atoms with E-state index in [1.165, 1.54) is 0 Å². The Bertz CT molecular complexity index is 248. The van der Waals surface area contributed by atoms with Crippen LogP contribution in [0.15, 0.2) is 0 Å². The lowest BCUT2D eigenvalue weighted by atomic mass is 9.96. The van der Waals surface area contributed by atoms with Crippen molar-refractivity contribution in [2.75, 3.05) is 19.6 Å². The molecule has 1 amide bonds. The maximum absolute atomic E-state index is 12.2. The maximum Gasteiger partial charge on any atom is 0.242 e. The van der Waals surface area contributed by atoms with E-state index >= 15 is 0 Å². The van der Waals surface area contributed by atoms with Crippen molar-refractivity contribution in [3.05, 3.63) is 0 Å². The summed E-state index contributed by atoms with van der Waals surface area (Å²) in [5, 5.41) is 3.34. The Morgan fingerprint density at radius 2 is 2.13 bits per heavy atom. The standard InChI is InChI=1S/C11H21N3O/c1-9-8-14(7-6-13-9)10(15)11(12)4-2-3-5-11/h9,13H,2-8,12H2,1H3. The van der Waals surface area contributed by atoms with Gasteiger partial charge in [-0.25, -0.2) is 0 Å². The number of carbonyl (C=O) groups is 1. The summed E-state index contributed by atoms with van der Waals surface area (Å²) in [6.45, 7) is 4.61. The fourth-order valence-corrected chi connectivity index (χ4v) is 2.65. The molecule has 0 spiro atoms. The highest BCUT2D eigenvalue weighted by atomic mass is 16.2. The monoisotopic (exact) mass is 211 g/mol. The molecule has 2 rings (SSSR count). The number of carbonyl (C=O) groups excluding carboxylic acids is 1. The van der Waals surface area contributed by atoms with Crippen LogP contribution in [0.25, 0.3) is 0 Å². The van der Waals surface area contributed by atoms with E-state index in [2.05, 4.69) is 12.2 Å². The summed E-state index contributed by atoms with van der Waals surface area (Å²) in [5.41, 5.74) is 5.62. The molecule has 1 unspecified atom stereocenters. The zero-order chi connectivity index (χ0) is 10.9. The van der Waals surface area contributed by atoms with Gasteiger partial charge in [-0.3, -0.25) is 4.79 Å². The number of rotatable bonds is 1. The van der Waals surface area contributed by atoms with E-state index in [0.29, 0.717) is 6.04 Å². The van der Waals surface area contributed by atoms with Crippen LogP contribution in [-0.2, 0) is 4.79 Å². The highest BCUT2D eigenvalue weighted by molar-refractivity contribution is 5.86. The molecule has 86 valence electrons. The first kappa shape index (κ1) is 10.9. The number of hydrogen-bond acceptors (Lipinski definition) is 3. The van der Waals surface area contributed by atoms with E-state index in [1.807, 2.05) is 4.90 Å². The number of nitrogens with two attached hydrogens (primary N) is 1. The quantitative estimate of drug-likeness (QED) is 0.645. The molecule has 3 N–H and O–H groups in total. The van der Waals surface area contributed by atoms with Crippen LogP contribution in [0.4, 0.5) is 0 Å². The number of hydrogen-bond donors (Lipinski definition) is 2. The SMILES string of the molecule is CC1CN(C(=O)C2(N)CCCC2)CCN1. The van der Waals surface area contributed by atoms with Crippen LogP contribution in [0.5, 0.6) is 0 Å². The average molecular weight is 211 g/mol. The smallest absolute Gasteiger partial charge is 0.242 e. The van der Waals surface area contributed by atoms with Gasteiger partial charge in [-0.15, -0.1) is 0 Å². The first-order valence-electron chi connectivity index (χ1n) is 5.93. The van der Waals surface area contributed by atoms with Gasteiger partial charge >= 0.3 is 0 Å². The number of nitrogens with one attached hydrogen (secondary N) is 1. The van der Waals surface area contributed by atoms with Crippen LogP contribution in [0, 0.1) is 0 Å². The van der Waals surface area contributed by atoms with Gasteiger partial charge in [0, 0.05) is 25.7 Å². The summed E-state index contributed by atoms with van der Waals surface area (Å²) < 4.78 is 0. The summed E-state index contributed by atoms with van der Waals surface area (Å²) in [5.74, 6) is 0.174. The molecule has 15 heavy (non-hydrogen) atoms. The van der Waals surface area contributed by atoms with E-state index in [9.17, 15) is 4.79 Å². The van der Waals surface area contributed by atoms with Crippen LogP contribution in [-0.4, -0.2) is 42.0 Å². The van der Waals surface area contributed by atoms with E-state index in [0.717, 1.165) is 45.3 Å². The summed E-state index contributed by atoms with van der Waals surface area (Å²) in [6, 6.07) is 0.396. The summed E-state index contributed by atoms with van der Waals surface area (Å²) in [6.07, 6.45) is 3.93. The summed E-state index contributed by atoms with van der Waals surface area (Å²) in [4.78, 5) is 14.2. The molecule has 0 radical (unpaired) electrons. The number of nitrogens with zero attached hydrogens (tertiary/aromatic N) is 1. The summed E-state index contributed by atoms with van der Waals surface area (Å²) in [7, 11) is 0. The maximum atomic E-state index is 12.2. The Morgan fingerprint density at radius 1 is 1.47 bits per heavy atom. The lowest BCUT2D eigenvalue weighted by Gasteiger charge is -2.36. The van der Waals surface area contributed by atoms with E-state index in [1.54, 1.807) is 0 Å². The topological polar surface area (TPSA) is 58.4 Å². The molecule has 0 aromatic heterocycles. The molecule has 1 saturated carbocycles. The van der Waals surface area contributed by atoms with Gasteiger partial charge in [-0.1, -0.05) is 12.8 Å². The first-order valence-corrected chi connectivity index (χ1v) is 5.93. The van der Waals surface area contributed by atoms with Gasteiger partial charge in [0.25, 0.3) is 0 Å². The van der Waals surface area contributed by atoms with E-state index in [-0.39, 0.29) is 5.91 Å². The van der Waals surface area contributed by atoms with Crippen molar-refractivity contribution in [1.82, 2.24) is 10.2 Å². The Labute approximate surface area is 91.2 Å². The largest absolute Gasteiger partial charge is 0.338 e. The minimum absolute atomic E-state index is 0.174. The second-order valence-corrected chi connectivity index (χ2v) is 4.97. The lowest BCUT2D eigenvalue weighted by molar-refractivity contribution is -0.138. The molecule has 1 atom stereocenters. The third-order valence-corrected chi connectivity index (χ3v) is 3.58. The number of amides is 1. The average Bonchev–Trinajstić information content (AvgIpc) is 2.65. The van der Waals surface area contributed by atoms with Crippen molar-refractivity contribution in [3.8, 4) is 0 Å². The number of piperazine rings is 1. The molecule has 4 nitrogen and oxygen atoms in total. The van der Waals surface area contributed by atoms with Crippen LogP contribution in [0.1, 0.15) is 32.6 Å². The molecule has 2 fully saturated rings. The van der Waals surface area contributed by atoms with Gasteiger partial charge in [0.2, 0.25) is 5.91 Å². The van der Waals surface area contributed by atoms with Gasteiger partial charge in [-0.05, 0) is 19.8 Å². The Hall–Kier alpha value is -0.610. The van der Waals surface area contributed by atoms with Crippen molar-refractivity contribution in [2.24, 2.45) is 5.73 Å². The Kier molecular flexibility index (Phi) is 2.98. The highest BCUT2D eigenvalue weighted by Gasteiger charge is 2.40. The van der Waals surface area contributed by atoms with Crippen molar-refractivity contribution >= 4 is 5.91 Å². The van der Waals surface area contributed by atoms with Gasteiger partial charge < -0.3 is 16.0 Å². The molecule has 4 heteroatoms. The lowest BCUT2D eigenvalue weighted by Crippen LogP contribution is -2.59. The minimum Gasteiger partial charge on any atom is -0.338 e. The predicted molar refractivity (Wildman–Crippen MR) is 59.4 cm³/mol. The molecule has 0 aromatic carbocycles. The first-order chi connectivity index (χ1) is 7.12. The highest BCUT2D eigenvalue weighted by Crippen LogP contribution is 2.29. The van der Waals surface area contributed by atoms with Gasteiger partial charge in [0.15, 0.2) is 0 Å². The summed E-state index contributed by atoms with van der Waals surface area (Å²) >= 11 is 0. The third kappa shape index (κ3) is 2.16. The Balaban J connectivity index is 2.00. The van der Waals surface area contributed by atoms with Crippen LogP contribution < -0.4 is 11.1 Å². The van der Waals surface area contributed by atoms with E-state index < -0.39 is 5.54 Å². The molecule has 1 heterocycles. The minimum atomic E-state index is -0.545. The second-order valence-electron chi connectivity index (χ2n) is 4.97. The van der Waals surface area contributed by atoms with Crippen LogP contribution in [0.3, 0.4) is 0 Å². The van der Waals surface area contributed by atoms with Crippen LogP contribution >= 0.6 is 0 Å². The predicted octanol–water partition coefficient (Wildman–Crippen LogP) is 0.0782.